The number of nitrogens with one attached hydrogen (secondary N) is 2. The number of amides is 2. The molecule has 0 fully saturated rings. The minimum atomic E-state index is -0.168. The van der Waals surface area contributed by atoms with Crippen LogP contribution < -0.4 is 19.5 Å². The lowest BCUT2D eigenvalue weighted by Gasteiger charge is -2.27. The third kappa shape index (κ3) is 3.09. The molecular weight excluding hydrogens is 358 g/mol. The van der Waals surface area contributed by atoms with Crippen LogP contribution in [-0.4, -0.2) is 43.8 Å². The smallest absolute Gasteiger partial charge is 0.322 e. The van der Waals surface area contributed by atoms with E-state index in [1.54, 1.807) is 38.4 Å². The highest BCUT2D eigenvalue weighted by Gasteiger charge is 2.24. The number of fused-ring (bicyclic) bond motifs is 3. The molecule has 146 valence electrons. The summed E-state index contributed by atoms with van der Waals surface area (Å²) in [5.41, 5.74) is 4.08. The molecule has 7 nitrogen and oxygen atoms in total. The van der Waals surface area contributed by atoms with Gasteiger partial charge in [-0.2, -0.15) is 0 Å². The van der Waals surface area contributed by atoms with Crippen LogP contribution in [0.5, 0.6) is 17.2 Å². The van der Waals surface area contributed by atoms with E-state index in [4.69, 9.17) is 14.2 Å². The third-order valence-corrected chi connectivity index (χ3v) is 5.09. The van der Waals surface area contributed by atoms with E-state index < -0.39 is 0 Å². The normalized spacial score (nSPS) is 13.2. The molecule has 2 amide bonds. The van der Waals surface area contributed by atoms with Crippen LogP contribution in [0.4, 0.5) is 10.5 Å². The van der Waals surface area contributed by atoms with Crippen molar-refractivity contribution in [1.82, 2.24) is 9.88 Å². The molecule has 0 radical (unpaired) electrons. The number of para-hydroxylation sites is 1. The lowest BCUT2D eigenvalue weighted by Crippen LogP contribution is -2.38. The molecule has 2 aromatic carbocycles. The Morgan fingerprint density at radius 2 is 1.79 bits per heavy atom. The monoisotopic (exact) mass is 381 g/mol. The highest BCUT2D eigenvalue weighted by atomic mass is 16.5. The van der Waals surface area contributed by atoms with Gasteiger partial charge in [-0.3, -0.25) is 0 Å². The summed E-state index contributed by atoms with van der Waals surface area (Å²) in [5.74, 6) is 1.48. The van der Waals surface area contributed by atoms with Gasteiger partial charge in [-0.05, 0) is 18.1 Å². The third-order valence-electron chi connectivity index (χ3n) is 5.09. The molecule has 0 spiro atoms. The van der Waals surface area contributed by atoms with E-state index in [0.29, 0.717) is 36.0 Å². The lowest BCUT2D eigenvalue weighted by molar-refractivity contribution is 0.206. The maximum atomic E-state index is 12.8. The first-order chi connectivity index (χ1) is 13.6. The average Bonchev–Trinajstić information content (AvgIpc) is 3.10. The van der Waals surface area contributed by atoms with Crippen molar-refractivity contribution >= 4 is 22.6 Å². The average molecular weight is 381 g/mol. The molecule has 0 saturated heterocycles. The molecule has 1 aliphatic rings. The summed E-state index contributed by atoms with van der Waals surface area (Å²) in [5, 5.41) is 4.17. The molecule has 0 saturated carbocycles. The number of urea groups is 1. The van der Waals surface area contributed by atoms with Gasteiger partial charge >= 0.3 is 6.03 Å². The van der Waals surface area contributed by atoms with Crippen molar-refractivity contribution in [3.05, 3.63) is 47.7 Å². The lowest BCUT2D eigenvalue weighted by atomic mass is 10.0. The molecular formula is C21H23N3O4. The van der Waals surface area contributed by atoms with E-state index in [2.05, 4.69) is 22.4 Å². The second-order valence-electron chi connectivity index (χ2n) is 6.64. The predicted molar refractivity (Wildman–Crippen MR) is 108 cm³/mol. The molecule has 0 bridgehead atoms. The van der Waals surface area contributed by atoms with Crippen LogP contribution in [0.25, 0.3) is 10.9 Å². The minimum absolute atomic E-state index is 0.168. The van der Waals surface area contributed by atoms with Crippen LogP contribution in [0.15, 0.2) is 36.4 Å². The number of aromatic amines is 1. The summed E-state index contributed by atoms with van der Waals surface area (Å²) in [6.07, 6.45) is 0.821. The largest absolute Gasteiger partial charge is 0.493 e. The van der Waals surface area contributed by atoms with Gasteiger partial charge in [0.15, 0.2) is 11.5 Å². The van der Waals surface area contributed by atoms with E-state index in [0.717, 1.165) is 17.6 Å². The first-order valence-electron chi connectivity index (χ1n) is 9.09. The van der Waals surface area contributed by atoms with Crippen LogP contribution in [0, 0.1) is 0 Å². The number of nitrogens with zero attached hydrogens (tertiary/aromatic N) is 1. The summed E-state index contributed by atoms with van der Waals surface area (Å²) in [6, 6.07) is 11.5. The Hall–Kier alpha value is -3.35. The molecule has 28 heavy (non-hydrogen) atoms. The summed E-state index contributed by atoms with van der Waals surface area (Å²) in [4.78, 5) is 18.1. The van der Waals surface area contributed by atoms with Crippen LogP contribution >= 0.6 is 0 Å². The zero-order valence-corrected chi connectivity index (χ0v) is 16.2. The number of methoxy groups -OCH3 is 3. The molecule has 4 rings (SSSR count). The minimum Gasteiger partial charge on any atom is -0.493 e. The standard InChI is InChI=1S/C21H23N3O4/c1-26-18-10-13(11-19(27-2)20(18)28-3)22-21(25)24-9-8-15-14-6-4-5-7-16(14)23-17(15)12-24/h4-7,10-11,23H,8-9,12H2,1-3H3,(H,22,25). The van der Waals surface area contributed by atoms with Crippen LogP contribution in [0.3, 0.4) is 0 Å². The number of anilines is 1. The number of ether oxygens (including phenoxy) is 3. The molecule has 0 atom stereocenters. The van der Waals surface area contributed by atoms with Crippen molar-refractivity contribution in [3.8, 4) is 17.2 Å². The Morgan fingerprint density at radius 1 is 1.07 bits per heavy atom. The van der Waals surface area contributed by atoms with Gasteiger partial charge < -0.3 is 29.4 Å². The van der Waals surface area contributed by atoms with Crippen molar-refractivity contribution < 1.29 is 19.0 Å². The molecule has 1 aliphatic heterocycles. The number of hydrogen-bond donors (Lipinski definition) is 2. The van der Waals surface area contributed by atoms with Crippen molar-refractivity contribution in [2.75, 3.05) is 33.2 Å². The molecule has 0 aliphatic carbocycles. The fourth-order valence-corrected chi connectivity index (χ4v) is 3.72. The second-order valence-corrected chi connectivity index (χ2v) is 6.64. The van der Waals surface area contributed by atoms with E-state index in [9.17, 15) is 4.79 Å². The van der Waals surface area contributed by atoms with Crippen molar-refractivity contribution in [3.63, 3.8) is 0 Å². The quantitative estimate of drug-likeness (QED) is 0.721. The van der Waals surface area contributed by atoms with Crippen LogP contribution in [0.1, 0.15) is 11.3 Å². The Kier molecular flexibility index (Phi) is 4.73. The predicted octanol–water partition coefficient (Wildman–Crippen LogP) is 3.78. The second kappa shape index (κ2) is 7.34. The number of aromatic nitrogens is 1. The maximum Gasteiger partial charge on any atom is 0.322 e. The maximum absolute atomic E-state index is 12.8. The van der Waals surface area contributed by atoms with E-state index in [-0.39, 0.29) is 6.03 Å². The Labute approximate surface area is 163 Å². The van der Waals surface area contributed by atoms with Crippen molar-refractivity contribution in [2.45, 2.75) is 13.0 Å². The van der Waals surface area contributed by atoms with Gasteiger partial charge in [0, 0.05) is 35.3 Å². The summed E-state index contributed by atoms with van der Waals surface area (Å²) in [7, 11) is 4.64. The summed E-state index contributed by atoms with van der Waals surface area (Å²) >= 11 is 0. The SMILES string of the molecule is COc1cc(NC(=O)N2CCc3c([nH]c4ccccc34)C2)cc(OC)c1OC. The van der Waals surface area contributed by atoms with E-state index in [1.807, 2.05) is 12.1 Å². The van der Waals surface area contributed by atoms with Gasteiger partial charge in [0.05, 0.1) is 33.6 Å². The Morgan fingerprint density at radius 3 is 2.46 bits per heavy atom. The highest BCUT2D eigenvalue weighted by Crippen LogP contribution is 2.40. The zero-order chi connectivity index (χ0) is 19.7. The number of H-pyrrole nitrogens is 1. The van der Waals surface area contributed by atoms with E-state index >= 15 is 0 Å². The Bertz CT molecular complexity index is 1000. The first-order valence-corrected chi connectivity index (χ1v) is 9.09. The number of carbonyl (C=O) groups is 1. The zero-order valence-electron chi connectivity index (χ0n) is 16.2. The van der Waals surface area contributed by atoms with Gasteiger partial charge in [0.1, 0.15) is 0 Å². The molecule has 7 heteroatoms. The molecule has 2 heterocycles. The summed E-state index contributed by atoms with van der Waals surface area (Å²) in [6.45, 7) is 1.20. The molecule has 1 aromatic heterocycles. The Balaban J connectivity index is 1.54. The van der Waals surface area contributed by atoms with Gasteiger partial charge in [-0.1, -0.05) is 18.2 Å². The highest BCUT2D eigenvalue weighted by molar-refractivity contribution is 5.91. The first kappa shape index (κ1) is 18.0. The molecule has 3 aromatic rings. The van der Waals surface area contributed by atoms with Crippen LogP contribution in [0.2, 0.25) is 0 Å². The van der Waals surface area contributed by atoms with Gasteiger partial charge in [-0.15, -0.1) is 0 Å². The van der Waals surface area contributed by atoms with E-state index in [1.165, 1.54) is 10.9 Å². The van der Waals surface area contributed by atoms with Gasteiger partial charge in [0.25, 0.3) is 0 Å². The summed E-state index contributed by atoms with van der Waals surface area (Å²) < 4.78 is 16.0. The fourth-order valence-electron chi connectivity index (χ4n) is 3.72. The van der Waals surface area contributed by atoms with Crippen LogP contribution in [-0.2, 0) is 13.0 Å². The van der Waals surface area contributed by atoms with Gasteiger partial charge in [-0.25, -0.2) is 4.79 Å². The number of rotatable bonds is 4. The number of carbonyl (C=O) groups excluding carboxylic acids is 1. The topological polar surface area (TPSA) is 75.8 Å². The number of benzene rings is 2. The molecule has 2 N–H and O–H groups in total. The molecule has 0 unspecified atom stereocenters. The number of hydrogen-bond acceptors (Lipinski definition) is 4. The van der Waals surface area contributed by atoms with Gasteiger partial charge in [0.2, 0.25) is 5.75 Å². The van der Waals surface area contributed by atoms with Crippen molar-refractivity contribution in [1.29, 1.82) is 0 Å². The fraction of sp³-hybridized carbons (Fsp3) is 0.286. The van der Waals surface area contributed by atoms with Crippen molar-refractivity contribution in [2.24, 2.45) is 0 Å².